The van der Waals surface area contributed by atoms with Crippen molar-refractivity contribution < 1.29 is 22.7 Å². The first-order valence-corrected chi connectivity index (χ1v) is 16.5. The fourth-order valence-electron chi connectivity index (χ4n) is 5.19. The molecule has 1 unspecified atom stereocenters. The molecule has 0 radical (unpaired) electrons. The second kappa shape index (κ2) is 15.4. The van der Waals surface area contributed by atoms with Crippen LogP contribution in [-0.2, 0) is 39.0 Å². The second-order valence-corrected chi connectivity index (χ2v) is 12.9. The average Bonchev–Trinajstić information content (AvgIpc) is 3.05. The Labute approximate surface area is 266 Å². The van der Waals surface area contributed by atoms with E-state index in [1.165, 1.54) is 21.3 Å². The van der Waals surface area contributed by atoms with E-state index < -0.39 is 28.5 Å². The van der Waals surface area contributed by atoms with Gasteiger partial charge in [0, 0.05) is 19.0 Å². The van der Waals surface area contributed by atoms with Gasteiger partial charge in [0.15, 0.2) is 0 Å². The van der Waals surface area contributed by atoms with Gasteiger partial charge in [0.2, 0.25) is 11.8 Å². The standard InChI is InChI=1S/C36H41N3O5S/c1-5-30-18-12-13-22-33(30)39(45(42,43)32-20-10-7-11-21-32)26-35(40)38(25-29-17-14-19-31(23-29)44-4)34(36(41)37-27(2)3)24-28-15-8-6-9-16-28/h6-23,27,34H,5,24-26H2,1-4H3,(H,37,41). The Morgan fingerprint density at radius 3 is 2.09 bits per heavy atom. The molecule has 236 valence electrons. The summed E-state index contributed by atoms with van der Waals surface area (Å²) in [6.07, 6.45) is 0.804. The van der Waals surface area contributed by atoms with E-state index in [4.69, 9.17) is 4.74 Å². The van der Waals surface area contributed by atoms with Crippen LogP contribution in [0.4, 0.5) is 5.69 Å². The summed E-state index contributed by atoms with van der Waals surface area (Å²) in [6.45, 7) is 5.23. The molecule has 0 heterocycles. The summed E-state index contributed by atoms with van der Waals surface area (Å²) in [5.41, 5.74) is 2.81. The number of aryl methyl sites for hydroxylation is 1. The molecule has 4 aromatic carbocycles. The maximum absolute atomic E-state index is 14.6. The number of hydrogen-bond acceptors (Lipinski definition) is 5. The number of carbonyl (C=O) groups excluding carboxylic acids is 2. The molecule has 4 aromatic rings. The number of hydrogen-bond donors (Lipinski definition) is 1. The SMILES string of the molecule is CCc1ccccc1N(CC(=O)N(Cc1cccc(OC)c1)C(Cc1ccccc1)C(=O)NC(C)C)S(=O)(=O)c1ccccc1. The maximum Gasteiger partial charge on any atom is 0.264 e. The average molecular weight is 628 g/mol. The lowest BCUT2D eigenvalue weighted by Gasteiger charge is -2.34. The predicted octanol–water partition coefficient (Wildman–Crippen LogP) is 5.62. The molecule has 1 N–H and O–H groups in total. The summed E-state index contributed by atoms with van der Waals surface area (Å²) < 4.78 is 35.0. The maximum atomic E-state index is 14.6. The molecule has 0 aliphatic carbocycles. The Morgan fingerprint density at radius 1 is 0.822 bits per heavy atom. The lowest BCUT2D eigenvalue weighted by Crippen LogP contribution is -2.54. The van der Waals surface area contributed by atoms with Crippen LogP contribution in [0.3, 0.4) is 0 Å². The minimum atomic E-state index is -4.16. The number of carbonyl (C=O) groups is 2. The Morgan fingerprint density at radius 2 is 1.44 bits per heavy atom. The second-order valence-electron chi connectivity index (χ2n) is 11.0. The summed E-state index contributed by atoms with van der Waals surface area (Å²) in [5.74, 6) is -0.226. The molecule has 0 aromatic heterocycles. The van der Waals surface area contributed by atoms with Crippen LogP contribution < -0.4 is 14.4 Å². The molecule has 45 heavy (non-hydrogen) atoms. The van der Waals surface area contributed by atoms with Crippen LogP contribution >= 0.6 is 0 Å². The highest BCUT2D eigenvalue weighted by molar-refractivity contribution is 7.92. The number of anilines is 1. The van der Waals surface area contributed by atoms with Crippen molar-refractivity contribution in [3.05, 3.63) is 126 Å². The Kier molecular flexibility index (Phi) is 11.4. The third kappa shape index (κ3) is 8.51. The molecule has 0 saturated carbocycles. The predicted molar refractivity (Wildman–Crippen MR) is 178 cm³/mol. The van der Waals surface area contributed by atoms with E-state index in [-0.39, 0.29) is 29.8 Å². The highest BCUT2D eigenvalue weighted by atomic mass is 32.2. The van der Waals surface area contributed by atoms with Gasteiger partial charge in [-0.3, -0.25) is 13.9 Å². The highest BCUT2D eigenvalue weighted by Crippen LogP contribution is 2.28. The molecule has 0 aliphatic rings. The third-order valence-electron chi connectivity index (χ3n) is 7.44. The molecule has 2 amide bonds. The third-order valence-corrected chi connectivity index (χ3v) is 9.21. The van der Waals surface area contributed by atoms with Gasteiger partial charge in [0.1, 0.15) is 18.3 Å². The van der Waals surface area contributed by atoms with Gasteiger partial charge in [0.25, 0.3) is 10.0 Å². The van der Waals surface area contributed by atoms with Gasteiger partial charge in [-0.2, -0.15) is 0 Å². The van der Waals surface area contributed by atoms with Crippen molar-refractivity contribution in [1.29, 1.82) is 0 Å². The zero-order valence-corrected chi connectivity index (χ0v) is 27.0. The van der Waals surface area contributed by atoms with Crippen LogP contribution in [0.2, 0.25) is 0 Å². The van der Waals surface area contributed by atoms with E-state index in [1.54, 1.807) is 43.5 Å². The van der Waals surface area contributed by atoms with Crippen LogP contribution in [0.1, 0.15) is 37.5 Å². The van der Waals surface area contributed by atoms with Crippen LogP contribution in [0.15, 0.2) is 114 Å². The lowest BCUT2D eigenvalue weighted by atomic mass is 10.0. The molecule has 0 spiro atoms. The quantitative estimate of drug-likeness (QED) is 0.196. The van der Waals surface area contributed by atoms with Gasteiger partial charge >= 0.3 is 0 Å². The normalized spacial score (nSPS) is 11.9. The number of nitrogens with zero attached hydrogens (tertiary/aromatic N) is 2. The Hall–Kier alpha value is -4.63. The van der Waals surface area contributed by atoms with Crippen LogP contribution in [0.5, 0.6) is 5.75 Å². The van der Waals surface area contributed by atoms with Crippen molar-refractivity contribution in [2.24, 2.45) is 0 Å². The summed E-state index contributed by atoms with van der Waals surface area (Å²) in [7, 11) is -2.59. The van der Waals surface area contributed by atoms with Crippen LogP contribution in [0.25, 0.3) is 0 Å². The van der Waals surface area contributed by atoms with E-state index in [2.05, 4.69) is 5.32 Å². The van der Waals surface area contributed by atoms with Crippen molar-refractivity contribution in [2.75, 3.05) is 18.0 Å². The van der Waals surface area contributed by atoms with Crippen LogP contribution in [0, 0.1) is 0 Å². The van der Waals surface area contributed by atoms with Crippen LogP contribution in [-0.4, -0.2) is 50.9 Å². The zero-order chi connectivity index (χ0) is 32.4. The van der Waals surface area contributed by atoms with Gasteiger partial charge < -0.3 is 15.0 Å². The van der Waals surface area contributed by atoms with E-state index >= 15 is 0 Å². The minimum absolute atomic E-state index is 0.0632. The number of methoxy groups -OCH3 is 1. The minimum Gasteiger partial charge on any atom is -0.497 e. The summed E-state index contributed by atoms with van der Waals surface area (Å²) >= 11 is 0. The number of benzene rings is 4. The van der Waals surface area contributed by atoms with Gasteiger partial charge in [-0.15, -0.1) is 0 Å². The first-order valence-electron chi connectivity index (χ1n) is 15.1. The smallest absolute Gasteiger partial charge is 0.264 e. The molecule has 0 saturated heterocycles. The number of para-hydroxylation sites is 1. The molecular formula is C36H41N3O5S. The highest BCUT2D eigenvalue weighted by Gasteiger charge is 2.35. The Balaban J connectivity index is 1.83. The molecular weight excluding hydrogens is 586 g/mol. The largest absolute Gasteiger partial charge is 0.497 e. The summed E-state index contributed by atoms with van der Waals surface area (Å²) in [5, 5.41) is 2.98. The van der Waals surface area contributed by atoms with Crippen molar-refractivity contribution in [3.8, 4) is 5.75 Å². The molecule has 0 aliphatic heterocycles. The molecule has 0 bridgehead atoms. The summed E-state index contributed by atoms with van der Waals surface area (Å²) in [4.78, 5) is 30.0. The molecule has 1 atom stereocenters. The van der Waals surface area contributed by atoms with Gasteiger partial charge in [-0.1, -0.05) is 85.8 Å². The molecule has 4 rings (SSSR count). The van der Waals surface area contributed by atoms with E-state index in [9.17, 15) is 18.0 Å². The molecule has 9 heteroatoms. The lowest BCUT2D eigenvalue weighted by molar-refractivity contribution is -0.140. The van der Waals surface area contributed by atoms with E-state index in [1.807, 2.05) is 81.4 Å². The van der Waals surface area contributed by atoms with Gasteiger partial charge in [-0.05, 0) is 67.3 Å². The van der Waals surface area contributed by atoms with Gasteiger partial charge in [-0.25, -0.2) is 8.42 Å². The van der Waals surface area contributed by atoms with E-state index in [0.29, 0.717) is 17.9 Å². The van der Waals surface area contributed by atoms with E-state index in [0.717, 1.165) is 16.7 Å². The van der Waals surface area contributed by atoms with Crippen molar-refractivity contribution in [2.45, 2.75) is 57.1 Å². The first kappa shape index (κ1) is 33.3. The number of ether oxygens (including phenoxy) is 1. The first-order chi connectivity index (χ1) is 21.6. The Bertz CT molecular complexity index is 1680. The number of nitrogens with one attached hydrogen (secondary N) is 1. The van der Waals surface area contributed by atoms with Crippen molar-refractivity contribution in [1.82, 2.24) is 10.2 Å². The number of amides is 2. The number of sulfonamides is 1. The monoisotopic (exact) mass is 627 g/mol. The fourth-order valence-corrected chi connectivity index (χ4v) is 6.66. The fraction of sp³-hybridized carbons (Fsp3) is 0.278. The van der Waals surface area contributed by atoms with Gasteiger partial charge in [0.05, 0.1) is 17.7 Å². The zero-order valence-electron chi connectivity index (χ0n) is 26.2. The van der Waals surface area contributed by atoms with Crippen molar-refractivity contribution >= 4 is 27.5 Å². The van der Waals surface area contributed by atoms with Crippen molar-refractivity contribution in [3.63, 3.8) is 0 Å². The molecule has 8 nitrogen and oxygen atoms in total. The topological polar surface area (TPSA) is 96.0 Å². The number of rotatable bonds is 14. The summed E-state index contributed by atoms with van der Waals surface area (Å²) in [6, 6.07) is 30.9. The molecule has 0 fully saturated rings.